The van der Waals surface area contributed by atoms with Crippen LogP contribution < -0.4 is 10.2 Å². The van der Waals surface area contributed by atoms with E-state index in [2.05, 4.69) is 20.6 Å². The third kappa shape index (κ3) is 2.87. The molecule has 2 heterocycles. The van der Waals surface area contributed by atoms with Crippen LogP contribution in [-0.2, 0) is 0 Å². The van der Waals surface area contributed by atoms with Crippen LogP contribution in [0.15, 0.2) is 23.6 Å². The molecule has 3 rings (SSSR count). The zero-order valence-corrected chi connectivity index (χ0v) is 12.5. The highest BCUT2D eigenvalue weighted by atomic mass is 35.5. The molecular formula is C13H13Cl2N3S. The van der Waals surface area contributed by atoms with E-state index in [4.69, 9.17) is 23.2 Å². The van der Waals surface area contributed by atoms with E-state index in [9.17, 15) is 0 Å². The minimum absolute atomic E-state index is 0.566. The van der Waals surface area contributed by atoms with E-state index in [0.29, 0.717) is 10.0 Å². The summed E-state index contributed by atoms with van der Waals surface area (Å²) in [6, 6.07) is 5.62. The van der Waals surface area contributed by atoms with Crippen molar-refractivity contribution in [2.24, 2.45) is 0 Å². The van der Waals surface area contributed by atoms with Crippen LogP contribution in [0.25, 0.3) is 11.3 Å². The summed E-state index contributed by atoms with van der Waals surface area (Å²) in [5.41, 5.74) is 1.96. The molecule has 100 valence electrons. The van der Waals surface area contributed by atoms with Crippen LogP contribution in [0, 0.1) is 0 Å². The largest absolute Gasteiger partial charge is 0.346 e. The third-order valence-corrected chi connectivity index (χ3v) is 4.74. The molecule has 1 aliphatic rings. The molecule has 3 nitrogen and oxygen atoms in total. The van der Waals surface area contributed by atoms with Gasteiger partial charge in [-0.15, -0.1) is 11.3 Å². The second-order valence-corrected chi connectivity index (χ2v) is 6.03. The van der Waals surface area contributed by atoms with Crippen LogP contribution in [0.3, 0.4) is 0 Å². The van der Waals surface area contributed by atoms with Crippen molar-refractivity contribution < 1.29 is 0 Å². The minimum atomic E-state index is 0.566. The second-order valence-electron chi connectivity index (χ2n) is 4.38. The Morgan fingerprint density at radius 2 is 1.95 bits per heavy atom. The van der Waals surface area contributed by atoms with E-state index in [1.807, 2.05) is 18.2 Å². The number of hydrogen-bond acceptors (Lipinski definition) is 4. The first-order valence-electron chi connectivity index (χ1n) is 6.10. The van der Waals surface area contributed by atoms with E-state index in [0.717, 1.165) is 42.6 Å². The van der Waals surface area contributed by atoms with Crippen molar-refractivity contribution in [3.8, 4) is 11.3 Å². The smallest absolute Gasteiger partial charge is 0.185 e. The number of hydrogen-bond donors (Lipinski definition) is 1. The molecule has 1 fully saturated rings. The maximum absolute atomic E-state index is 6.04. The zero-order valence-electron chi connectivity index (χ0n) is 10.2. The summed E-state index contributed by atoms with van der Waals surface area (Å²) < 4.78 is 0. The predicted molar refractivity (Wildman–Crippen MR) is 82.7 cm³/mol. The summed E-state index contributed by atoms with van der Waals surface area (Å²) in [6.45, 7) is 4.05. The van der Waals surface area contributed by atoms with Crippen LogP contribution in [0.5, 0.6) is 0 Å². The summed E-state index contributed by atoms with van der Waals surface area (Å²) in [4.78, 5) is 7.00. The molecule has 0 bridgehead atoms. The summed E-state index contributed by atoms with van der Waals surface area (Å²) >= 11 is 13.6. The van der Waals surface area contributed by atoms with Gasteiger partial charge in [0.2, 0.25) is 0 Å². The van der Waals surface area contributed by atoms with Gasteiger partial charge in [0.05, 0.1) is 15.7 Å². The van der Waals surface area contributed by atoms with Gasteiger partial charge in [0, 0.05) is 37.1 Å². The van der Waals surface area contributed by atoms with E-state index in [1.165, 1.54) is 0 Å². The topological polar surface area (TPSA) is 28.2 Å². The van der Waals surface area contributed by atoms with Crippen LogP contribution in [0.2, 0.25) is 10.0 Å². The Balaban J connectivity index is 1.85. The lowest BCUT2D eigenvalue weighted by Crippen LogP contribution is -2.43. The van der Waals surface area contributed by atoms with E-state index in [-0.39, 0.29) is 0 Å². The molecule has 0 radical (unpaired) electrons. The Morgan fingerprint density at radius 1 is 1.16 bits per heavy atom. The van der Waals surface area contributed by atoms with Crippen molar-refractivity contribution >= 4 is 39.7 Å². The molecule has 0 atom stereocenters. The maximum Gasteiger partial charge on any atom is 0.185 e. The highest BCUT2D eigenvalue weighted by Crippen LogP contribution is 2.31. The standard InChI is InChI=1S/C13H13Cl2N3S/c14-10-2-1-9(7-11(10)15)12-8-19-13(17-12)18-5-3-16-4-6-18/h1-2,7-8,16H,3-6H2. The lowest BCUT2D eigenvalue weighted by atomic mass is 10.2. The lowest BCUT2D eigenvalue weighted by Gasteiger charge is -2.26. The predicted octanol–water partition coefficient (Wildman–Crippen LogP) is 3.53. The molecule has 6 heteroatoms. The van der Waals surface area contributed by atoms with Gasteiger partial charge in [0.15, 0.2) is 5.13 Å². The van der Waals surface area contributed by atoms with Crippen LogP contribution in [0.1, 0.15) is 0 Å². The van der Waals surface area contributed by atoms with E-state index in [1.54, 1.807) is 11.3 Å². The summed E-state index contributed by atoms with van der Waals surface area (Å²) in [5, 5.41) is 7.62. The third-order valence-electron chi connectivity index (χ3n) is 3.09. The van der Waals surface area contributed by atoms with Gasteiger partial charge in [-0.2, -0.15) is 0 Å². The Labute approximate surface area is 126 Å². The molecular weight excluding hydrogens is 301 g/mol. The molecule has 1 saturated heterocycles. The summed E-state index contributed by atoms with van der Waals surface area (Å²) in [5.74, 6) is 0. The van der Waals surface area contributed by atoms with Gasteiger partial charge in [0.1, 0.15) is 0 Å². The highest BCUT2D eigenvalue weighted by Gasteiger charge is 2.14. The van der Waals surface area contributed by atoms with E-state index >= 15 is 0 Å². The first kappa shape index (κ1) is 13.2. The number of anilines is 1. The fraction of sp³-hybridized carbons (Fsp3) is 0.308. The summed E-state index contributed by atoms with van der Waals surface area (Å²) in [7, 11) is 0. The molecule has 0 amide bonds. The van der Waals surface area contributed by atoms with Crippen molar-refractivity contribution in [3.63, 3.8) is 0 Å². The molecule has 0 aliphatic carbocycles. The average molecular weight is 314 g/mol. The van der Waals surface area contributed by atoms with Gasteiger partial charge in [-0.1, -0.05) is 29.3 Å². The van der Waals surface area contributed by atoms with Gasteiger partial charge in [-0.05, 0) is 12.1 Å². The molecule has 0 spiro atoms. The average Bonchev–Trinajstić information content (AvgIpc) is 2.93. The molecule has 1 N–H and O–H groups in total. The Bertz CT molecular complexity index is 579. The molecule has 2 aromatic rings. The fourth-order valence-corrected chi connectivity index (χ4v) is 3.24. The number of nitrogens with one attached hydrogen (secondary N) is 1. The van der Waals surface area contributed by atoms with Gasteiger partial charge >= 0.3 is 0 Å². The van der Waals surface area contributed by atoms with Crippen molar-refractivity contribution in [1.29, 1.82) is 0 Å². The van der Waals surface area contributed by atoms with Crippen molar-refractivity contribution in [1.82, 2.24) is 10.3 Å². The van der Waals surface area contributed by atoms with Crippen molar-refractivity contribution in [2.75, 3.05) is 31.1 Å². The molecule has 1 aliphatic heterocycles. The molecule has 0 unspecified atom stereocenters. The SMILES string of the molecule is Clc1ccc(-c2csc(N3CCNCC3)n2)cc1Cl. The van der Waals surface area contributed by atoms with Crippen molar-refractivity contribution in [2.45, 2.75) is 0 Å². The van der Waals surface area contributed by atoms with Gasteiger partial charge in [-0.3, -0.25) is 0 Å². The zero-order chi connectivity index (χ0) is 13.2. The molecule has 1 aromatic heterocycles. The first-order chi connectivity index (χ1) is 9.24. The van der Waals surface area contributed by atoms with Gasteiger partial charge < -0.3 is 10.2 Å². The molecule has 19 heavy (non-hydrogen) atoms. The van der Waals surface area contributed by atoms with Crippen LogP contribution >= 0.6 is 34.5 Å². The van der Waals surface area contributed by atoms with Gasteiger partial charge in [0.25, 0.3) is 0 Å². The second kappa shape index (κ2) is 5.67. The van der Waals surface area contributed by atoms with Crippen LogP contribution in [-0.4, -0.2) is 31.2 Å². The monoisotopic (exact) mass is 313 g/mol. The Hall–Kier alpha value is -0.810. The van der Waals surface area contributed by atoms with Gasteiger partial charge in [-0.25, -0.2) is 4.98 Å². The fourth-order valence-electron chi connectivity index (χ4n) is 2.05. The number of thiazole rings is 1. The normalized spacial score (nSPS) is 15.8. The quantitative estimate of drug-likeness (QED) is 0.919. The Morgan fingerprint density at radius 3 is 2.68 bits per heavy atom. The number of rotatable bonds is 2. The number of aromatic nitrogens is 1. The number of nitrogens with zero attached hydrogens (tertiary/aromatic N) is 2. The number of piperazine rings is 1. The van der Waals surface area contributed by atoms with Crippen molar-refractivity contribution in [3.05, 3.63) is 33.6 Å². The summed E-state index contributed by atoms with van der Waals surface area (Å²) in [6.07, 6.45) is 0. The Kier molecular flexibility index (Phi) is 3.93. The molecule has 1 aromatic carbocycles. The number of benzene rings is 1. The van der Waals surface area contributed by atoms with E-state index < -0.39 is 0 Å². The maximum atomic E-state index is 6.04. The first-order valence-corrected chi connectivity index (χ1v) is 7.74. The molecule has 0 saturated carbocycles. The van der Waals surface area contributed by atoms with Crippen LogP contribution in [0.4, 0.5) is 5.13 Å². The highest BCUT2D eigenvalue weighted by molar-refractivity contribution is 7.14. The number of halogens is 2. The minimum Gasteiger partial charge on any atom is -0.346 e. The lowest BCUT2D eigenvalue weighted by molar-refractivity contribution is 0.588.